The minimum atomic E-state index is 0.141. The number of rotatable bonds is 5. The van der Waals surface area contributed by atoms with Gasteiger partial charge in [-0.3, -0.25) is 0 Å². The van der Waals surface area contributed by atoms with Crippen molar-refractivity contribution >= 4 is 22.7 Å². The molecule has 0 aliphatic rings. The molecule has 0 aromatic carbocycles. The van der Waals surface area contributed by atoms with Crippen molar-refractivity contribution in [1.29, 1.82) is 0 Å². The lowest BCUT2D eigenvalue weighted by molar-refractivity contribution is 0.510. The molecule has 1 atom stereocenters. The number of nitrogens with zero attached hydrogens (tertiary/aromatic N) is 2. The van der Waals surface area contributed by atoms with E-state index in [4.69, 9.17) is 4.98 Å². The molecule has 1 N–H and O–H groups in total. The fourth-order valence-electron chi connectivity index (χ4n) is 1.77. The summed E-state index contributed by atoms with van der Waals surface area (Å²) in [5.41, 5.74) is 1.27. The van der Waals surface area contributed by atoms with E-state index in [2.05, 4.69) is 43.4 Å². The van der Waals surface area contributed by atoms with Gasteiger partial charge >= 0.3 is 0 Å². The van der Waals surface area contributed by atoms with Crippen LogP contribution in [0.5, 0.6) is 0 Å². The van der Waals surface area contributed by atoms with Gasteiger partial charge in [0.1, 0.15) is 5.01 Å². The van der Waals surface area contributed by atoms with Crippen LogP contribution in [-0.4, -0.2) is 9.97 Å². The summed E-state index contributed by atoms with van der Waals surface area (Å²) in [7, 11) is 0. The molecule has 0 fully saturated rings. The van der Waals surface area contributed by atoms with Crippen LogP contribution >= 0.6 is 22.7 Å². The minimum absolute atomic E-state index is 0.141. The number of thiazole rings is 2. The van der Waals surface area contributed by atoms with Gasteiger partial charge in [-0.1, -0.05) is 27.7 Å². The number of hydrogen-bond acceptors (Lipinski definition) is 5. The smallest absolute Gasteiger partial charge is 0.109 e. The topological polar surface area (TPSA) is 37.8 Å². The fraction of sp³-hybridized carbons (Fsp3) is 0.571. The second-order valence-electron chi connectivity index (χ2n) is 5.61. The molecule has 0 spiro atoms. The zero-order chi connectivity index (χ0) is 13.9. The Bertz CT molecular complexity index is 497. The van der Waals surface area contributed by atoms with E-state index in [1.165, 1.54) is 5.01 Å². The van der Waals surface area contributed by atoms with Crippen LogP contribution < -0.4 is 5.32 Å². The highest BCUT2D eigenvalue weighted by Crippen LogP contribution is 2.26. The Morgan fingerprint density at radius 3 is 2.63 bits per heavy atom. The summed E-state index contributed by atoms with van der Waals surface area (Å²) >= 11 is 3.46. The zero-order valence-corrected chi connectivity index (χ0v) is 13.6. The van der Waals surface area contributed by atoms with Crippen LogP contribution in [0.4, 0.5) is 0 Å². The average Bonchev–Trinajstić information content (AvgIpc) is 2.99. The Balaban J connectivity index is 1.96. The second kappa shape index (κ2) is 6.11. The molecule has 2 heterocycles. The molecular weight excluding hydrogens is 274 g/mol. The van der Waals surface area contributed by atoms with Gasteiger partial charge in [-0.2, -0.15) is 0 Å². The van der Waals surface area contributed by atoms with Crippen LogP contribution in [-0.2, 0) is 12.0 Å². The molecule has 2 aromatic heterocycles. The third-order valence-corrected chi connectivity index (χ3v) is 5.09. The van der Waals surface area contributed by atoms with Crippen LogP contribution in [0.3, 0.4) is 0 Å². The maximum atomic E-state index is 4.71. The molecule has 0 saturated heterocycles. The number of nitrogens with one attached hydrogen (secondary N) is 1. The molecule has 104 valence electrons. The maximum absolute atomic E-state index is 4.71. The molecule has 3 nitrogen and oxygen atoms in total. The third-order valence-electron chi connectivity index (χ3n) is 2.88. The Morgan fingerprint density at radius 2 is 2.11 bits per heavy atom. The quantitative estimate of drug-likeness (QED) is 0.901. The van der Waals surface area contributed by atoms with Crippen LogP contribution in [0.2, 0.25) is 0 Å². The van der Waals surface area contributed by atoms with Gasteiger partial charge in [-0.25, -0.2) is 9.97 Å². The van der Waals surface area contributed by atoms with Crippen molar-refractivity contribution in [3.8, 4) is 0 Å². The summed E-state index contributed by atoms with van der Waals surface area (Å²) in [6, 6.07) is 0.333. The van der Waals surface area contributed by atoms with Gasteiger partial charge in [0.05, 0.1) is 16.7 Å². The zero-order valence-electron chi connectivity index (χ0n) is 11.9. The van der Waals surface area contributed by atoms with Crippen LogP contribution in [0.1, 0.15) is 55.9 Å². The van der Waals surface area contributed by atoms with E-state index >= 15 is 0 Å². The normalized spacial score (nSPS) is 13.7. The Labute approximate surface area is 123 Å². The molecule has 0 aliphatic heterocycles. The Kier molecular flexibility index (Phi) is 4.71. The van der Waals surface area contributed by atoms with Gasteiger partial charge in [-0.15, -0.1) is 22.7 Å². The van der Waals surface area contributed by atoms with Crippen molar-refractivity contribution < 1.29 is 0 Å². The number of aromatic nitrogens is 2. The van der Waals surface area contributed by atoms with Gasteiger partial charge in [0.2, 0.25) is 0 Å². The minimum Gasteiger partial charge on any atom is -0.302 e. The molecule has 5 heteroatoms. The first-order valence-electron chi connectivity index (χ1n) is 6.58. The molecule has 0 radical (unpaired) electrons. The van der Waals surface area contributed by atoms with Crippen LogP contribution in [0.25, 0.3) is 0 Å². The second-order valence-corrected chi connectivity index (χ2v) is 7.39. The van der Waals surface area contributed by atoms with Crippen molar-refractivity contribution in [2.75, 3.05) is 0 Å². The van der Waals surface area contributed by atoms with E-state index in [9.17, 15) is 0 Å². The van der Waals surface area contributed by atoms with E-state index in [1.807, 2.05) is 11.6 Å². The van der Waals surface area contributed by atoms with Crippen molar-refractivity contribution in [2.45, 2.75) is 52.1 Å². The SMILES string of the molecule is CCC(NCc1csc(C(C)(C)C)n1)c1nccs1. The molecule has 0 saturated carbocycles. The van der Waals surface area contributed by atoms with E-state index in [-0.39, 0.29) is 5.41 Å². The predicted octanol–water partition coefficient (Wildman–Crippen LogP) is 4.14. The van der Waals surface area contributed by atoms with E-state index in [0.717, 1.165) is 23.7 Å². The predicted molar refractivity (Wildman–Crippen MR) is 82.8 cm³/mol. The van der Waals surface area contributed by atoms with Crippen LogP contribution in [0.15, 0.2) is 17.0 Å². The molecule has 2 aromatic rings. The van der Waals surface area contributed by atoms with E-state index in [0.29, 0.717) is 6.04 Å². The molecule has 0 aliphatic carbocycles. The largest absolute Gasteiger partial charge is 0.302 e. The molecule has 2 rings (SSSR count). The average molecular weight is 295 g/mol. The summed E-state index contributed by atoms with van der Waals surface area (Å²) in [4.78, 5) is 9.09. The lowest BCUT2D eigenvalue weighted by Gasteiger charge is -2.14. The fourth-order valence-corrected chi connectivity index (χ4v) is 3.48. The summed E-state index contributed by atoms with van der Waals surface area (Å²) < 4.78 is 0. The van der Waals surface area contributed by atoms with Crippen molar-refractivity contribution in [3.05, 3.63) is 32.7 Å². The Hall–Kier alpha value is -0.780. The highest BCUT2D eigenvalue weighted by atomic mass is 32.1. The maximum Gasteiger partial charge on any atom is 0.109 e. The summed E-state index contributed by atoms with van der Waals surface area (Å²) in [5, 5.41) is 10.1. The standard InChI is InChI=1S/C14H21N3S2/c1-5-11(12-15-6-7-18-12)16-8-10-9-19-13(17-10)14(2,3)4/h6-7,9,11,16H,5,8H2,1-4H3. The summed E-state index contributed by atoms with van der Waals surface area (Å²) in [5.74, 6) is 0. The third kappa shape index (κ3) is 3.84. The first-order chi connectivity index (χ1) is 9.00. The lowest BCUT2D eigenvalue weighted by Crippen LogP contribution is -2.20. The van der Waals surface area contributed by atoms with Crippen molar-refractivity contribution in [2.24, 2.45) is 0 Å². The summed E-state index contributed by atoms with van der Waals surface area (Å²) in [6.07, 6.45) is 2.91. The Morgan fingerprint density at radius 1 is 1.32 bits per heavy atom. The van der Waals surface area contributed by atoms with Gasteiger partial charge < -0.3 is 5.32 Å². The monoisotopic (exact) mass is 295 g/mol. The molecular formula is C14H21N3S2. The number of hydrogen-bond donors (Lipinski definition) is 1. The molecule has 1 unspecified atom stereocenters. The van der Waals surface area contributed by atoms with Gasteiger partial charge in [0.15, 0.2) is 0 Å². The van der Waals surface area contributed by atoms with Gasteiger partial charge in [0, 0.05) is 28.9 Å². The first-order valence-corrected chi connectivity index (χ1v) is 8.34. The van der Waals surface area contributed by atoms with Crippen molar-refractivity contribution in [3.63, 3.8) is 0 Å². The summed E-state index contributed by atoms with van der Waals surface area (Å²) in [6.45, 7) is 9.60. The highest BCUT2D eigenvalue weighted by molar-refractivity contribution is 7.10. The molecule has 0 bridgehead atoms. The van der Waals surface area contributed by atoms with Gasteiger partial charge in [0.25, 0.3) is 0 Å². The van der Waals surface area contributed by atoms with Crippen LogP contribution in [0, 0.1) is 0 Å². The molecule has 0 amide bonds. The highest BCUT2D eigenvalue weighted by Gasteiger charge is 2.18. The van der Waals surface area contributed by atoms with Crippen molar-refractivity contribution in [1.82, 2.24) is 15.3 Å². The van der Waals surface area contributed by atoms with E-state index in [1.54, 1.807) is 22.7 Å². The lowest BCUT2D eigenvalue weighted by atomic mass is 9.98. The van der Waals surface area contributed by atoms with Gasteiger partial charge in [-0.05, 0) is 6.42 Å². The molecule has 19 heavy (non-hydrogen) atoms. The van der Waals surface area contributed by atoms with E-state index < -0.39 is 0 Å². The first kappa shape index (κ1) is 14.6.